The molecule has 0 spiro atoms. The average Bonchev–Trinajstić information content (AvgIpc) is 2.63. The maximum Gasteiger partial charge on any atom is 0.255 e. The Hall–Kier alpha value is -2.24. The third-order valence-electron chi connectivity index (χ3n) is 4.18. The fourth-order valence-electron chi connectivity index (χ4n) is 2.83. The molecule has 3 rings (SSSR count). The number of β-amino-alcohol motifs (C(OH)–C–C–N with tert-alkyl or cyclic N) is 1. The molecule has 0 bridgehead atoms. The van der Waals surface area contributed by atoms with Crippen LogP contribution >= 0.6 is 0 Å². The molecule has 1 fully saturated rings. The van der Waals surface area contributed by atoms with Gasteiger partial charge in [0.25, 0.3) is 5.91 Å². The predicted octanol–water partition coefficient (Wildman–Crippen LogP) is 1.57. The maximum absolute atomic E-state index is 12.4. The molecule has 2 heterocycles. The van der Waals surface area contributed by atoms with Crippen molar-refractivity contribution in [2.45, 2.75) is 6.10 Å². The van der Waals surface area contributed by atoms with Crippen molar-refractivity contribution in [3.63, 3.8) is 0 Å². The number of hydrogen-bond donors (Lipinski definition) is 1. The number of amides is 1. The van der Waals surface area contributed by atoms with Crippen LogP contribution in [0.3, 0.4) is 0 Å². The molecule has 1 unspecified atom stereocenters. The van der Waals surface area contributed by atoms with E-state index in [0.29, 0.717) is 25.2 Å². The van der Waals surface area contributed by atoms with Gasteiger partial charge < -0.3 is 10.0 Å². The van der Waals surface area contributed by atoms with E-state index in [-0.39, 0.29) is 5.91 Å². The van der Waals surface area contributed by atoms with Gasteiger partial charge in [-0.2, -0.15) is 0 Å². The molecule has 1 aliphatic heterocycles. The van der Waals surface area contributed by atoms with Gasteiger partial charge in [0.05, 0.1) is 11.7 Å². The van der Waals surface area contributed by atoms with E-state index in [1.165, 1.54) is 0 Å². The summed E-state index contributed by atoms with van der Waals surface area (Å²) in [4.78, 5) is 20.4. The summed E-state index contributed by atoms with van der Waals surface area (Å²) in [5.41, 5.74) is 1.56. The van der Waals surface area contributed by atoms with E-state index in [1.54, 1.807) is 24.5 Å². The molecule has 1 aliphatic rings. The number of aromatic nitrogens is 1. The largest absolute Gasteiger partial charge is 0.387 e. The fourth-order valence-corrected chi connectivity index (χ4v) is 2.83. The van der Waals surface area contributed by atoms with Crippen molar-refractivity contribution in [2.24, 2.45) is 0 Å². The first-order chi connectivity index (χ1) is 11.2. The minimum Gasteiger partial charge on any atom is -0.387 e. The summed E-state index contributed by atoms with van der Waals surface area (Å²) in [6.07, 6.45) is 2.78. The van der Waals surface area contributed by atoms with Gasteiger partial charge >= 0.3 is 0 Å². The number of nitrogens with zero attached hydrogens (tertiary/aromatic N) is 3. The van der Waals surface area contributed by atoms with Crippen molar-refractivity contribution in [1.29, 1.82) is 0 Å². The van der Waals surface area contributed by atoms with Gasteiger partial charge in [0.15, 0.2) is 0 Å². The van der Waals surface area contributed by atoms with Gasteiger partial charge in [0.1, 0.15) is 0 Å². The first kappa shape index (κ1) is 15.6. The van der Waals surface area contributed by atoms with E-state index >= 15 is 0 Å². The Morgan fingerprint density at radius 1 is 1.09 bits per heavy atom. The zero-order valence-corrected chi connectivity index (χ0v) is 13.0. The second-order valence-corrected chi connectivity index (χ2v) is 5.76. The van der Waals surface area contributed by atoms with Gasteiger partial charge in [0, 0.05) is 45.1 Å². The van der Waals surface area contributed by atoms with Crippen LogP contribution < -0.4 is 0 Å². The van der Waals surface area contributed by atoms with Crippen molar-refractivity contribution in [3.8, 4) is 0 Å². The Kier molecular flexibility index (Phi) is 5.00. The number of piperazine rings is 1. The zero-order chi connectivity index (χ0) is 16.1. The van der Waals surface area contributed by atoms with Crippen LogP contribution in [0.25, 0.3) is 0 Å². The second kappa shape index (κ2) is 7.35. The molecule has 23 heavy (non-hydrogen) atoms. The third kappa shape index (κ3) is 3.94. The molecule has 5 heteroatoms. The van der Waals surface area contributed by atoms with Crippen molar-refractivity contribution in [1.82, 2.24) is 14.8 Å². The van der Waals surface area contributed by atoms with Gasteiger partial charge in [-0.3, -0.25) is 14.7 Å². The Morgan fingerprint density at radius 2 is 1.83 bits per heavy atom. The van der Waals surface area contributed by atoms with Gasteiger partial charge in [-0.25, -0.2) is 0 Å². The molecule has 1 amide bonds. The molecule has 120 valence electrons. The van der Waals surface area contributed by atoms with Crippen LogP contribution in [0.1, 0.15) is 22.0 Å². The minimum atomic E-state index is -0.489. The highest BCUT2D eigenvalue weighted by molar-refractivity contribution is 5.93. The van der Waals surface area contributed by atoms with Gasteiger partial charge in [0.2, 0.25) is 0 Å². The van der Waals surface area contributed by atoms with Gasteiger partial charge in [-0.1, -0.05) is 30.3 Å². The highest BCUT2D eigenvalue weighted by Gasteiger charge is 2.23. The lowest BCUT2D eigenvalue weighted by molar-refractivity contribution is 0.0527. The average molecular weight is 311 g/mol. The highest BCUT2D eigenvalue weighted by Crippen LogP contribution is 2.15. The van der Waals surface area contributed by atoms with Crippen LogP contribution in [0, 0.1) is 0 Å². The van der Waals surface area contributed by atoms with Gasteiger partial charge in [-0.05, 0) is 17.7 Å². The van der Waals surface area contributed by atoms with Crippen LogP contribution in [0.2, 0.25) is 0 Å². The fraction of sp³-hybridized carbons (Fsp3) is 0.333. The number of rotatable bonds is 4. The lowest BCUT2D eigenvalue weighted by atomic mass is 10.1. The summed E-state index contributed by atoms with van der Waals surface area (Å²) in [7, 11) is 0. The van der Waals surface area contributed by atoms with Crippen LogP contribution in [-0.2, 0) is 0 Å². The van der Waals surface area contributed by atoms with E-state index < -0.39 is 6.10 Å². The van der Waals surface area contributed by atoms with Crippen molar-refractivity contribution < 1.29 is 9.90 Å². The molecule has 2 aromatic rings. The lowest BCUT2D eigenvalue weighted by Gasteiger charge is -2.35. The van der Waals surface area contributed by atoms with Crippen molar-refractivity contribution >= 4 is 5.91 Å². The first-order valence-electron chi connectivity index (χ1n) is 7.89. The molecule has 1 aromatic heterocycles. The number of carbonyl (C=O) groups excluding carboxylic acids is 1. The molecule has 5 nitrogen and oxygen atoms in total. The number of carbonyl (C=O) groups is 1. The Balaban J connectivity index is 1.52. The Labute approximate surface area is 136 Å². The van der Waals surface area contributed by atoms with E-state index in [9.17, 15) is 9.90 Å². The molecule has 1 N–H and O–H groups in total. The Morgan fingerprint density at radius 3 is 2.48 bits per heavy atom. The minimum absolute atomic E-state index is 0.0290. The maximum atomic E-state index is 12.4. The van der Waals surface area contributed by atoms with Crippen LogP contribution in [0.5, 0.6) is 0 Å². The monoisotopic (exact) mass is 311 g/mol. The summed E-state index contributed by atoms with van der Waals surface area (Å²) in [5, 5.41) is 10.3. The molecular weight excluding hydrogens is 290 g/mol. The van der Waals surface area contributed by atoms with Crippen LogP contribution in [-0.4, -0.2) is 58.5 Å². The normalized spacial score (nSPS) is 17.0. The van der Waals surface area contributed by atoms with Crippen LogP contribution in [0.15, 0.2) is 54.9 Å². The number of benzene rings is 1. The molecular formula is C18H21N3O2. The van der Waals surface area contributed by atoms with E-state index in [0.717, 1.165) is 18.7 Å². The number of hydrogen-bond acceptors (Lipinski definition) is 4. The van der Waals surface area contributed by atoms with Crippen molar-refractivity contribution in [2.75, 3.05) is 32.7 Å². The van der Waals surface area contributed by atoms with E-state index in [4.69, 9.17) is 0 Å². The molecule has 0 saturated carbocycles. The standard InChI is InChI=1S/C18H21N3O2/c22-17(15-5-2-1-3-6-15)14-20-9-11-21(12-10-20)18(23)16-7-4-8-19-13-16/h1-8,13,17,22H,9-12,14H2. The highest BCUT2D eigenvalue weighted by atomic mass is 16.3. The SMILES string of the molecule is O=C(c1cccnc1)N1CCN(CC(O)c2ccccc2)CC1. The Bertz CT molecular complexity index is 625. The second-order valence-electron chi connectivity index (χ2n) is 5.76. The lowest BCUT2D eigenvalue weighted by Crippen LogP contribution is -2.49. The van der Waals surface area contributed by atoms with Gasteiger partial charge in [-0.15, -0.1) is 0 Å². The van der Waals surface area contributed by atoms with Crippen LogP contribution in [0.4, 0.5) is 0 Å². The molecule has 1 saturated heterocycles. The van der Waals surface area contributed by atoms with E-state index in [2.05, 4.69) is 9.88 Å². The topological polar surface area (TPSA) is 56.7 Å². The quantitative estimate of drug-likeness (QED) is 0.931. The molecule has 1 aromatic carbocycles. The summed E-state index contributed by atoms with van der Waals surface area (Å²) in [6.45, 7) is 3.50. The van der Waals surface area contributed by atoms with Crippen molar-refractivity contribution in [3.05, 3.63) is 66.0 Å². The van der Waals surface area contributed by atoms with E-state index in [1.807, 2.05) is 35.2 Å². The number of aliphatic hydroxyl groups excluding tert-OH is 1. The summed E-state index contributed by atoms with van der Waals surface area (Å²) in [5.74, 6) is 0.0290. The summed E-state index contributed by atoms with van der Waals surface area (Å²) >= 11 is 0. The first-order valence-corrected chi connectivity index (χ1v) is 7.89. The predicted molar refractivity (Wildman–Crippen MR) is 88.0 cm³/mol. The molecule has 1 atom stereocenters. The molecule has 0 radical (unpaired) electrons. The smallest absolute Gasteiger partial charge is 0.255 e. The summed E-state index contributed by atoms with van der Waals surface area (Å²) < 4.78 is 0. The molecule has 0 aliphatic carbocycles. The number of aliphatic hydroxyl groups is 1. The zero-order valence-electron chi connectivity index (χ0n) is 13.0. The number of pyridine rings is 1. The summed E-state index contributed by atoms with van der Waals surface area (Å²) in [6, 6.07) is 13.3. The third-order valence-corrected chi connectivity index (χ3v) is 4.18.